The normalized spacial score (nSPS) is 16.1. The molecular formula is C22H23N5O4S. The van der Waals surface area contributed by atoms with Gasteiger partial charge in [-0.05, 0) is 30.7 Å². The van der Waals surface area contributed by atoms with Crippen molar-refractivity contribution in [3.63, 3.8) is 0 Å². The fraction of sp³-hybridized carbons (Fsp3) is 0.318. The minimum Gasteiger partial charge on any atom is -0.497 e. The van der Waals surface area contributed by atoms with Crippen molar-refractivity contribution in [2.75, 3.05) is 31.6 Å². The maximum absolute atomic E-state index is 12.9. The van der Waals surface area contributed by atoms with Gasteiger partial charge in [-0.3, -0.25) is 14.9 Å². The fourth-order valence-electron chi connectivity index (χ4n) is 3.76. The first kappa shape index (κ1) is 21.7. The number of benzene rings is 2. The van der Waals surface area contributed by atoms with E-state index in [4.69, 9.17) is 9.72 Å². The van der Waals surface area contributed by atoms with Crippen LogP contribution >= 0.6 is 11.5 Å². The number of aromatic nitrogens is 2. The lowest BCUT2D eigenvalue weighted by molar-refractivity contribution is -0.384. The standard InChI is InChI=1S/C22H23N5O4S/c1-15-14-25(9-10-26(15)21(28)17-6-4-7-18(13-17)27(29)30)22-23-20(24-32-22)12-16-5-3-8-19(11-16)31-2/h3-8,11,13,15H,9-10,12,14H2,1-2H3. The highest BCUT2D eigenvalue weighted by molar-refractivity contribution is 7.09. The quantitative estimate of drug-likeness (QED) is 0.416. The summed E-state index contributed by atoms with van der Waals surface area (Å²) >= 11 is 1.35. The summed E-state index contributed by atoms with van der Waals surface area (Å²) in [4.78, 5) is 32.1. The van der Waals surface area contributed by atoms with E-state index in [9.17, 15) is 14.9 Å². The van der Waals surface area contributed by atoms with E-state index in [0.29, 0.717) is 31.6 Å². The van der Waals surface area contributed by atoms with E-state index in [-0.39, 0.29) is 17.6 Å². The molecule has 32 heavy (non-hydrogen) atoms. The van der Waals surface area contributed by atoms with E-state index in [0.717, 1.165) is 22.3 Å². The number of carbonyl (C=O) groups excluding carboxylic acids is 1. The molecule has 4 rings (SSSR count). The Bertz CT molecular complexity index is 1130. The molecule has 9 nitrogen and oxygen atoms in total. The number of piperazine rings is 1. The molecule has 1 saturated heterocycles. The summed E-state index contributed by atoms with van der Waals surface area (Å²) in [6.07, 6.45) is 0.620. The van der Waals surface area contributed by atoms with Gasteiger partial charge in [-0.15, -0.1) is 0 Å². The maximum Gasteiger partial charge on any atom is 0.270 e. The molecule has 1 atom stereocenters. The average Bonchev–Trinajstić information content (AvgIpc) is 3.27. The highest BCUT2D eigenvalue weighted by atomic mass is 32.1. The van der Waals surface area contributed by atoms with Gasteiger partial charge in [0.25, 0.3) is 11.6 Å². The van der Waals surface area contributed by atoms with Crippen LogP contribution in [-0.2, 0) is 6.42 Å². The number of amides is 1. The second-order valence-corrected chi connectivity index (χ2v) is 8.35. The van der Waals surface area contributed by atoms with Crippen LogP contribution in [0.4, 0.5) is 10.8 Å². The zero-order valence-corrected chi connectivity index (χ0v) is 18.6. The number of hydrogen-bond acceptors (Lipinski definition) is 8. The van der Waals surface area contributed by atoms with Crippen molar-refractivity contribution in [2.45, 2.75) is 19.4 Å². The molecule has 0 N–H and O–H groups in total. The summed E-state index contributed by atoms with van der Waals surface area (Å²) in [7, 11) is 1.64. The first-order valence-electron chi connectivity index (χ1n) is 10.2. The zero-order chi connectivity index (χ0) is 22.7. The molecule has 2 aromatic carbocycles. The van der Waals surface area contributed by atoms with E-state index in [1.807, 2.05) is 31.2 Å². The zero-order valence-electron chi connectivity index (χ0n) is 17.8. The number of ether oxygens (including phenoxy) is 1. The molecule has 10 heteroatoms. The summed E-state index contributed by atoms with van der Waals surface area (Å²) in [6, 6.07) is 13.6. The lowest BCUT2D eigenvalue weighted by Crippen LogP contribution is -2.54. The molecule has 1 aliphatic rings. The van der Waals surface area contributed by atoms with Crippen molar-refractivity contribution in [2.24, 2.45) is 0 Å². The molecule has 166 valence electrons. The van der Waals surface area contributed by atoms with Crippen LogP contribution in [0.25, 0.3) is 0 Å². The van der Waals surface area contributed by atoms with E-state index >= 15 is 0 Å². The highest BCUT2D eigenvalue weighted by Gasteiger charge is 2.30. The van der Waals surface area contributed by atoms with Gasteiger partial charge in [-0.25, -0.2) is 4.98 Å². The summed E-state index contributed by atoms with van der Waals surface area (Å²) in [5.74, 6) is 1.36. The Balaban J connectivity index is 1.41. The maximum atomic E-state index is 12.9. The molecule has 0 spiro atoms. The van der Waals surface area contributed by atoms with Gasteiger partial charge in [0.05, 0.1) is 12.0 Å². The Hall–Kier alpha value is -3.53. The van der Waals surface area contributed by atoms with Gasteiger partial charge in [0.1, 0.15) is 11.6 Å². The van der Waals surface area contributed by atoms with Crippen LogP contribution in [0, 0.1) is 10.1 Å². The molecule has 3 aromatic rings. The third-order valence-electron chi connectivity index (χ3n) is 5.42. The van der Waals surface area contributed by atoms with Crippen LogP contribution in [0.5, 0.6) is 5.75 Å². The molecule has 1 aromatic heterocycles. The van der Waals surface area contributed by atoms with Crippen molar-refractivity contribution < 1.29 is 14.5 Å². The smallest absolute Gasteiger partial charge is 0.270 e. The van der Waals surface area contributed by atoms with E-state index in [1.54, 1.807) is 18.1 Å². The number of rotatable bonds is 6. The van der Waals surface area contributed by atoms with Crippen molar-refractivity contribution in [1.29, 1.82) is 0 Å². The van der Waals surface area contributed by atoms with E-state index < -0.39 is 4.92 Å². The molecule has 1 aliphatic heterocycles. The molecule has 1 unspecified atom stereocenters. The summed E-state index contributed by atoms with van der Waals surface area (Å²) in [5, 5.41) is 11.9. The second-order valence-electron chi connectivity index (χ2n) is 7.62. The predicted molar refractivity (Wildman–Crippen MR) is 122 cm³/mol. The van der Waals surface area contributed by atoms with Gasteiger partial charge in [0.2, 0.25) is 5.13 Å². The molecule has 0 aliphatic carbocycles. The van der Waals surface area contributed by atoms with Crippen LogP contribution in [0.1, 0.15) is 28.7 Å². The van der Waals surface area contributed by atoms with E-state index in [2.05, 4.69) is 9.27 Å². The number of nitrogens with zero attached hydrogens (tertiary/aromatic N) is 5. The molecule has 1 fully saturated rings. The van der Waals surface area contributed by atoms with Gasteiger partial charge in [0, 0.05) is 61.3 Å². The average molecular weight is 454 g/mol. The van der Waals surface area contributed by atoms with E-state index in [1.165, 1.54) is 29.7 Å². The van der Waals surface area contributed by atoms with Gasteiger partial charge >= 0.3 is 0 Å². The van der Waals surface area contributed by atoms with Gasteiger partial charge < -0.3 is 14.5 Å². The summed E-state index contributed by atoms with van der Waals surface area (Å²) in [5.41, 5.74) is 1.32. The topological polar surface area (TPSA) is 102 Å². The molecule has 0 bridgehead atoms. The van der Waals surface area contributed by atoms with Crippen LogP contribution in [0.3, 0.4) is 0 Å². The summed E-state index contributed by atoms with van der Waals surface area (Å²) < 4.78 is 9.77. The third-order valence-corrected chi connectivity index (χ3v) is 6.23. The van der Waals surface area contributed by atoms with Gasteiger partial charge in [-0.2, -0.15) is 4.37 Å². The molecule has 0 radical (unpaired) electrons. The largest absolute Gasteiger partial charge is 0.497 e. The Morgan fingerprint density at radius 1 is 1.25 bits per heavy atom. The molecular weight excluding hydrogens is 430 g/mol. The number of non-ortho nitro benzene ring substituents is 1. The Labute approximate surface area is 189 Å². The number of anilines is 1. The second kappa shape index (κ2) is 9.31. The monoisotopic (exact) mass is 453 g/mol. The third kappa shape index (κ3) is 4.70. The number of nitro benzene ring substituents is 1. The van der Waals surface area contributed by atoms with Crippen LogP contribution in [0.2, 0.25) is 0 Å². The fourth-order valence-corrected chi connectivity index (χ4v) is 4.48. The van der Waals surface area contributed by atoms with Crippen LogP contribution in [-0.4, -0.2) is 57.9 Å². The van der Waals surface area contributed by atoms with Crippen LogP contribution in [0.15, 0.2) is 48.5 Å². The predicted octanol–water partition coefficient (Wildman–Crippen LogP) is 3.40. The first-order valence-corrected chi connectivity index (χ1v) is 11.0. The Kier molecular flexibility index (Phi) is 6.31. The first-order chi connectivity index (χ1) is 15.4. The number of methoxy groups -OCH3 is 1. The number of nitro groups is 1. The minimum absolute atomic E-state index is 0.0683. The van der Waals surface area contributed by atoms with Crippen molar-refractivity contribution >= 4 is 28.3 Å². The van der Waals surface area contributed by atoms with Gasteiger partial charge in [0.15, 0.2) is 0 Å². The number of hydrogen-bond donors (Lipinski definition) is 0. The highest BCUT2D eigenvalue weighted by Crippen LogP contribution is 2.24. The van der Waals surface area contributed by atoms with Crippen molar-refractivity contribution in [3.8, 4) is 5.75 Å². The Morgan fingerprint density at radius 3 is 2.81 bits per heavy atom. The molecule has 1 amide bonds. The SMILES string of the molecule is COc1cccc(Cc2nsc(N3CCN(C(=O)c4cccc([N+](=O)[O-])c4)C(C)C3)n2)c1. The lowest BCUT2D eigenvalue weighted by atomic mass is 10.1. The van der Waals surface area contributed by atoms with Crippen LogP contribution < -0.4 is 9.64 Å². The van der Waals surface area contributed by atoms with Gasteiger partial charge in [-0.1, -0.05) is 18.2 Å². The molecule has 2 heterocycles. The molecule has 0 saturated carbocycles. The summed E-state index contributed by atoms with van der Waals surface area (Å²) in [6.45, 7) is 3.72. The van der Waals surface area contributed by atoms with Crippen molar-refractivity contribution in [3.05, 3.63) is 75.6 Å². The van der Waals surface area contributed by atoms with Crippen molar-refractivity contribution in [1.82, 2.24) is 14.3 Å². The number of carbonyl (C=O) groups is 1. The Morgan fingerprint density at radius 2 is 2.06 bits per heavy atom. The minimum atomic E-state index is -0.489. The lowest BCUT2D eigenvalue weighted by Gasteiger charge is -2.39.